The van der Waals surface area contributed by atoms with E-state index in [9.17, 15) is 14.0 Å². The quantitative estimate of drug-likeness (QED) is 0.594. The highest BCUT2D eigenvalue weighted by atomic mass is 19.1. The van der Waals surface area contributed by atoms with Crippen LogP contribution in [0.5, 0.6) is 0 Å². The van der Waals surface area contributed by atoms with E-state index in [0.717, 1.165) is 11.1 Å². The van der Waals surface area contributed by atoms with Gasteiger partial charge in [0.1, 0.15) is 17.9 Å². The van der Waals surface area contributed by atoms with E-state index in [2.05, 4.69) is 10.4 Å². The van der Waals surface area contributed by atoms with E-state index in [-0.39, 0.29) is 12.1 Å². The fourth-order valence-corrected chi connectivity index (χ4v) is 2.94. The van der Waals surface area contributed by atoms with Crippen LogP contribution in [0.2, 0.25) is 0 Å². The first-order valence-electron chi connectivity index (χ1n) is 8.71. The fraction of sp³-hybridized carbons (Fsp3) is 0.0952. The first-order chi connectivity index (χ1) is 13.5. The number of amides is 1. The lowest BCUT2D eigenvalue weighted by Crippen LogP contribution is -2.28. The van der Waals surface area contributed by atoms with Crippen LogP contribution in [0.3, 0.4) is 0 Å². The number of hydrogen-bond acceptors (Lipinski definition) is 3. The van der Waals surface area contributed by atoms with Crippen molar-refractivity contribution in [3.05, 3.63) is 88.7 Å². The first kappa shape index (κ1) is 17.7. The zero-order valence-electron chi connectivity index (χ0n) is 15.1. The third-order valence-electron chi connectivity index (χ3n) is 4.37. The summed E-state index contributed by atoms with van der Waals surface area (Å²) in [5, 5.41) is 7.01. The van der Waals surface area contributed by atoms with Gasteiger partial charge in [0.25, 0.3) is 5.56 Å². The van der Waals surface area contributed by atoms with Crippen molar-refractivity contribution in [1.82, 2.24) is 14.2 Å². The monoisotopic (exact) mass is 376 g/mol. The zero-order chi connectivity index (χ0) is 19.7. The van der Waals surface area contributed by atoms with Crippen LogP contribution in [0.4, 0.5) is 10.1 Å². The van der Waals surface area contributed by atoms with E-state index < -0.39 is 11.7 Å². The molecule has 140 valence electrons. The highest BCUT2D eigenvalue weighted by Crippen LogP contribution is 2.19. The molecule has 2 aromatic heterocycles. The third kappa shape index (κ3) is 3.55. The Morgan fingerprint density at radius 1 is 1.11 bits per heavy atom. The Balaban J connectivity index is 1.60. The molecule has 0 aliphatic carbocycles. The average Bonchev–Trinajstić information content (AvgIpc) is 3.10. The molecule has 0 spiro atoms. The molecule has 0 atom stereocenters. The molecule has 4 aromatic rings. The van der Waals surface area contributed by atoms with E-state index in [1.807, 2.05) is 31.2 Å². The van der Waals surface area contributed by atoms with Crippen LogP contribution in [0.1, 0.15) is 5.56 Å². The summed E-state index contributed by atoms with van der Waals surface area (Å²) in [7, 11) is 0. The number of hydrogen-bond donors (Lipinski definition) is 1. The summed E-state index contributed by atoms with van der Waals surface area (Å²) in [4.78, 5) is 25.0. The average molecular weight is 376 g/mol. The maximum absolute atomic E-state index is 13.2. The Bertz CT molecular complexity index is 1230. The number of anilines is 1. The SMILES string of the molecule is Cc1ccc(-c2cc3c(=O)n(CC(=O)Nc4cccc(F)c4)ccn3n2)cc1. The van der Waals surface area contributed by atoms with Crippen molar-refractivity contribution in [3.63, 3.8) is 0 Å². The second-order valence-electron chi connectivity index (χ2n) is 6.52. The van der Waals surface area contributed by atoms with Gasteiger partial charge in [-0.25, -0.2) is 8.91 Å². The van der Waals surface area contributed by atoms with Crippen molar-refractivity contribution < 1.29 is 9.18 Å². The van der Waals surface area contributed by atoms with Crippen molar-refractivity contribution in [3.8, 4) is 11.3 Å². The molecule has 0 aliphatic rings. The topological polar surface area (TPSA) is 68.4 Å². The molecule has 4 rings (SSSR count). The number of carbonyl (C=O) groups is 1. The molecule has 0 bridgehead atoms. The molecule has 0 aliphatic heterocycles. The molecular formula is C21H17FN4O2. The van der Waals surface area contributed by atoms with Gasteiger partial charge in [0.05, 0.1) is 5.69 Å². The zero-order valence-corrected chi connectivity index (χ0v) is 15.1. The van der Waals surface area contributed by atoms with Crippen LogP contribution >= 0.6 is 0 Å². The number of carbonyl (C=O) groups excluding carboxylic acids is 1. The predicted octanol–water partition coefficient (Wildman–Crippen LogP) is 3.25. The molecule has 0 saturated heterocycles. The van der Waals surface area contributed by atoms with Gasteiger partial charge >= 0.3 is 0 Å². The fourth-order valence-electron chi connectivity index (χ4n) is 2.94. The smallest absolute Gasteiger partial charge is 0.277 e. The molecule has 6 nitrogen and oxygen atoms in total. The van der Waals surface area contributed by atoms with Gasteiger partial charge in [0, 0.05) is 23.6 Å². The number of aromatic nitrogens is 3. The Hall–Kier alpha value is -3.74. The van der Waals surface area contributed by atoms with Crippen LogP contribution in [-0.2, 0) is 11.3 Å². The molecule has 0 saturated carbocycles. The van der Waals surface area contributed by atoms with Gasteiger partial charge in [0.2, 0.25) is 5.91 Å². The van der Waals surface area contributed by atoms with E-state index in [1.54, 1.807) is 18.3 Å². The minimum Gasteiger partial charge on any atom is -0.324 e. The Kier molecular flexibility index (Phi) is 4.49. The lowest BCUT2D eigenvalue weighted by atomic mass is 10.1. The maximum Gasteiger partial charge on any atom is 0.277 e. The van der Waals surface area contributed by atoms with Crippen molar-refractivity contribution in [1.29, 1.82) is 0 Å². The van der Waals surface area contributed by atoms with Gasteiger partial charge in [-0.05, 0) is 31.2 Å². The second-order valence-corrected chi connectivity index (χ2v) is 6.52. The Morgan fingerprint density at radius 2 is 1.89 bits per heavy atom. The molecule has 0 fully saturated rings. The van der Waals surface area contributed by atoms with Gasteiger partial charge in [0.15, 0.2) is 0 Å². The molecule has 1 amide bonds. The van der Waals surface area contributed by atoms with Crippen LogP contribution < -0.4 is 10.9 Å². The number of rotatable bonds is 4. The first-order valence-corrected chi connectivity index (χ1v) is 8.71. The number of aryl methyl sites for hydroxylation is 1. The van der Waals surface area contributed by atoms with Gasteiger partial charge in [-0.1, -0.05) is 35.9 Å². The number of nitrogens with one attached hydrogen (secondary N) is 1. The van der Waals surface area contributed by atoms with Crippen molar-refractivity contribution in [2.75, 3.05) is 5.32 Å². The third-order valence-corrected chi connectivity index (χ3v) is 4.37. The molecule has 2 aromatic carbocycles. The summed E-state index contributed by atoms with van der Waals surface area (Å²) in [6.07, 6.45) is 3.14. The van der Waals surface area contributed by atoms with Crippen molar-refractivity contribution in [2.24, 2.45) is 0 Å². The molecular weight excluding hydrogens is 359 g/mol. The Labute approximate surface area is 159 Å². The number of nitrogens with zero attached hydrogens (tertiary/aromatic N) is 3. The largest absolute Gasteiger partial charge is 0.324 e. The summed E-state index contributed by atoms with van der Waals surface area (Å²) in [6.45, 7) is 1.82. The minimum absolute atomic E-state index is 0.184. The van der Waals surface area contributed by atoms with Gasteiger partial charge in [-0.2, -0.15) is 5.10 Å². The van der Waals surface area contributed by atoms with Crippen LogP contribution in [0.25, 0.3) is 16.8 Å². The lowest BCUT2D eigenvalue weighted by Gasteiger charge is -2.07. The highest BCUT2D eigenvalue weighted by molar-refractivity contribution is 5.90. The molecule has 1 N–H and O–H groups in total. The molecule has 0 radical (unpaired) electrons. The van der Waals surface area contributed by atoms with Gasteiger partial charge in [-0.3, -0.25) is 9.59 Å². The van der Waals surface area contributed by atoms with Crippen molar-refractivity contribution >= 4 is 17.1 Å². The van der Waals surface area contributed by atoms with Crippen LogP contribution in [0, 0.1) is 12.7 Å². The summed E-state index contributed by atoms with van der Waals surface area (Å²) < 4.78 is 16.0. The van der Waals surface area contributed by atoms with Crippen LogP contribution in [-0.4, -0.2) is 20.1 Å². The van der Waals surface area contributed by atoms with Gasteiger partial charge < -0.3 is 9.88 Å². The summed E-state index contributed by atoms with van der Waals surface area (Å²) in [5.41, 5.74) is 3.10. The minimum atomic E-state index is -0.445. The van der Waals surface area contributed by atoms with E-state index in [4.69, 9.17) is 0 Å². The van der Waals surface area contributed by atoms with E-state index in [1.165, 1.54) is 33.5 Å². The summed E-state index contributed by atoms with van der Waals surface area (Å²) in [6, 6.07) is 15.1. The van der Waals surface area contributed by atoms with Crippen LogP contribution in [0.15, 0.2) is 71.8 Å². The van der Waals surface area contributed by atoms with Gasteiger partial charge in [-0.15, -0.1) is 0 Å². The lowest BCUT2D eigenvalue weighted by molar-refractivity contribution is -0.116. The molecule has 0 unspecified atom stereocenters. The molecule has 2 heterocycles. The second kappa shape index (κ2) is 7.11. The predicted molar refractivity (Wildman–Crippen MR) is 105 cm³/mol. The normalized spacial score (nSPS) is 10.9. The maximum atomic E-state index is 13.2. The van der Waals surface area contributed by atoms with E-state index >= 15 is 0 Å². The molecule has 28 heavy (non-hydrogen) atoms. The number of halogens is 1. The summed E-state index contributed by atoms with van der Waals surface area (Å²) in [5.74, 6) is -0.866. The standard InChI is InChI=1S/C21H17FN4O2/c1-14-5-7-15(8-6-14)18-12-19-21(28)25(9-10-26(19)24-18)13-20(27)23-17-4-2-3-16(22)11-17/h2-12H,13H2,1H3,(H,23,27). The molecule has 7 heteroatoms. The van der Waals surface area contributed by atoms with E-state index in [0.29, 0.717) is 16.9 Å². The Morgan fingerprint density at radius 3 is 2.64 bits per heavy atom. The van der Waals surface area contributed by atoms with Crippen molar-refractivity contribution in [2.45, 2.75) is 13.5 Å². The number of fused-ring (bicyclic) bond motifs is 1. The summed E-state index contributed by atoms with van der Waals surface area (Å²) >= 11 is 0. The number of benzene rings is 2. The highest BCUT2D eigenvalue weighted by Gasteiger charge is 2.11.